The summed E-state index contributed by atoms with van der Waals surface area (Å²) in [5.41, 5.74) is 6.62. The number of methoxy groups -OCH3 is 2. The molecule has 1 aromatic rings. The zero-order valence-electron chi connectivity index (χ0n) is 10.1. The highest BCUT2D eigenvalue weighted by molar-refractivity contribution is 5.59. The van der Waals surface area contributed by atoms with Gasteiger partial charge in [-0.05, 0) is 25.5 Å². The lowest BCUT2D eigenvalue weighted by atomic mass is 10.2. The third kappa shape index (κ3) is 3.62. The second-order valence-electron chi connectivity index (χ2n) is 3.76. The Morgan fingerprint density at radius 1 is 1.31 bits per heavy atom. The van der Waals surface area contributed by atoms with Gasteiger partial charge in [-0.3, -0.25) is 0 Å². The number of nitrogens with two attached hydrogens (primary N) is 1. The molecule has 0 amide bonds. The third-order valence-corrected chi connectivity index (χ3v) is 2.32. The Hall–Kier alpha value is -1.42. The Kier molecular flexibility index (Phi) is 4.92. The van der Waals surface area contributed by atoms with Crippen LogP contribution in [0.1, 0.15) is 13.3 Å². The van der Waals surface area contributed by atoms with Crippen LogP contribution in [0.25, 0.3) is 0 Å². The van der Waals surface area contributed by atoms with Crippen molar-refractivity contribution in [1.82, 2.24) is 0 Å². The number of anilines is 1. The van der Waals surface area contributed by atoms with Gasteiger partial charge in [0.05, 0.1) is 19.9 Å². The van der Waals surface area contributed by atoms with Crippen LogP contribution in [0.15, 0.2) is 18.2 Å². The second kappa shape index (κ2) is 6.23. The van der Waals surface area contributed by atoms with E-state index in [1.54, 1.807) is 14.2 Å². The summed E-state index contributed by atoms with van der Waals surface area (Å²) in [6.45, 7) is 2.81. The van der Waals surface area contributed by atoms with Crippen LogP contribution in [0.5, 0.6) is 11.5 Å². The molecular weight excluding hydrogens is 204 g/mol. The van der Waals surface area contributed by atoms with Gasteiger partial charge in [-0.25, -0.2) is 0 Å². The van der Waals surface area contributed by atoms with Crippen LogP contribution in [-0.2, 0) is 0 Å². The van der Waals surface area contributed by atoms with Crippen molar-refractivity contribution in [2.24, 2.45) is 5.73 Å². The Labute approximate surface area is 96.7 Å². The summed E-state index contributed by atoms with van der Waals surface area (Å²) in [7, 11) is 3.30. The summed E-state index contributed by atoms with van der Waals surface area (Å²) >= 11 is 0. The average Bonchev–Trinajstić information content (AvgIpc) is 2.28. The van der Waals surface area contributed by atoms with Crippen molar-refractivity contribution >= 4 is 5.69 Å². The zero-order valence-corrected chi connectivity index (χ0v) is 10.1. The number of nitrogens with one attached hydrogen (secondary N) is 1. The lowest BCUT2D eigenvalue weighted by Crippen LogP contribution is -2.19. The fourth-order valence-corrected chi connectivity index (χ4v) is 1.39. The Bertz CT molecular complexity index is 327. The monoisotopic (exact) mass is 224 g/mol. The van der Waals surface area contributed by atoms with Crippen molar-refractivity contribution in [3.8, 4) is 11.5 Å². The lowest BCUT2D eigenvalue weighted by Gasteiger charge is -2.13. The maximum Gasteiger partial charge on any atom is 0.142 e. The van der Waals surface area contributed by atoms with E-state index in [2.05, 4.69) is 5.32 Å². The maximum atomic E-state index is 5.69. The topological polar surface area (TPSA) is 56.5 Å². The van der Waals surface area contributed by atoms with E-state index >= 15 is 0 Å². The zero-order chi connectivity index (χ0) is 12.0. The van der Waals surface area contributed by atoms with Crippen LogP contribution < -0.4 is 20.5 Å². The molecule has 0 fully saturated rings. The van der Waals surface area contributed by atoms with Gasteiger partial charge in [0.25, 0.3) is 0 Å². The van der Waals surface area contributed by atoms with Crippen LogP contribution >= 0.6 is 0 Å². The van der Waals surface area contributed by atoms with Crippen molar-refractivity contribution < 1.29 is 9.47 Å². The van der Waals surface area contributed by atoms with Gasteiger partial charge in [0.1, 0.15) is 11.5 Å². The first-order valence-electron chi connectivity index (χ1n) is 5.39. The van der Waals surface area contributed by atoms with Crippen LogP contribution in [0.4, 0.5) is 5.69 Å². The van der Waals surface area contributed by atoms with Gasteiger partial charge in [-0.15, -0.1) is 0 Å². The fourth-order valence-electron chi connectivity index (χ4n) is 1.39. The number of rotatable bonds is 6. The van der Waals surface area contributed by atoms with Gasteiger partial charge in [0.15, 0.2) is 0 Å². The molecule has 0 bridgehead atoms. The quantitative estimate of drug-likeness (QED) is 0.774. The van der Waals surface area contributed by atoms with Gasteiger partial charge < -0.3 is 20.5 Å². The van der Waals surface area contributed by atoms with Crippen molar-refractivity contribution in [3.05, 3.63) is 18.2 Å². The minimum Gasteiger partial charge on any atom is -0.497 e. The average molecular weight is 224 g/mol. The molecule has 0 saturated heterocycles. The van der Waals surface area contributed by atoms with Crippen LogP contribution in [0, 0.1) is 0 Å². The predicted octanol–water partition coefficient (Wildman–Crippen LogP) is 1.85. The van der Waals surface area contributed by atoms with Gasteiger partial charge in [0.2, 0.25) is 0 Å². The Morgan fingerprint density at radius 2 is 2.06 bits per heavy atom. The molecule has 1 atom stereocenters. The number of hydrogen-bond acceptors (Lipinski definition) is 4. The molecule has 0 heterocycles. The van der Waals surface area contributed by atoms with Crippen molar-refractivity contribution in [2.45, 2.75) is 19.4 Å². The molecule has 1 unspecified atom stereocenters. The van der Waals surface area contributed by atoms with Crippen molar-refractivity contribution in [1.29, 1.82) is 0 Å². The fraction of sp³-hybridized carbons (Fsp3) is 0.500. The van der Waals surface area contributed by atoms with E-state index in [1.165, 1.54) is 0 Å². The normalized spacial score (nSPS) is 12.0. The molecular formula is C12H20N2O2. The Morgan fingerprint density at radius 3 is 2.62 bits per heavy atom. The van der Waals surface area contributed by atoms with Crippen molar-refractivity contribution in [3.63, 3.8) is 0 Å². The molecule has 16 heavy (non-hydrogen) atoms. The van der Waals surface area contributed by atoms with Crippen LogP contribution in [-0.4, -0.2) is 26.8 Å². The molecule has 1 aromatic carbocycles. The van der Waals surface area contributed by atoms with Gasteiger partial charge in [-0.1, -0.05) is 0 Å². The van der Waals surface area contributed by atoms with E-state index in [1.807, 2.05) is 25.1 Å². The molecule has 4 heteroatoms. The smallest absolute Gasteiger partial charge is 0.142 e. The highest BCUT2D eigenvalue weighted by Gasteiger charge is 2.04. The van der Waals surface area contributed by atoms with Crippen LogP contribution in [0.2, 0.25) is 0 Å². The molecule has 0 spiro atoms. The second-order valence-corrected chi connectivity index (χ2v) is 3.76. The first-order chi connectivity index (χ1) is 7.67. The molecule has 1 rings (SSSR count). The summed E-state index contributed by atoms with van der Waals surface area (Å²) in [6.07, 6.45) is 0.917. The van der Waals surface area contributed by atoms with Crippen LogP contribution in [0.3, 0.4) is 0 Å². The van der Waals surface area contributed by atoms with E-state index in [9.17, 15) is 0 Å². The van der Waals surface area contributed by atoms with E-state index < -0.39 is 0 Å². The first-order valence-corrected chi connectivity index (χ1v) is 5.39. The number of ether oxygens (including phenoxy) is 2. The molecule has 0 aliphatic rings. The predicted molar refractivity (Wildman–Crippen MR) is 66.3 cm³/mol. The number of benzene rings is 1. The number of hydrogen-bond donors (Lipinski definition) is 2. The van der Waals surface area contributed by atoms with Gasteiger partial charge >= 0.3 is 0 Å². The molecule has 0 radical (unpaired) electrons. The summed E-state index contributed by atoms with van der Waals surface area (Å²) < 4.78 is 10.4. The molecule has 0 aliphatic heterocycles. The highest BCUT2D eigenvalue weighted by Crippen LogP contribution is 2.28. The molecule has 0 aromatic heterocycles. The Balaban J connectivity index is 2.67. The van der Waals surface area contributed by atoms with E-state index in [0.29, 0.717) is 0 Å². The SMILES string of the molecule is COc1ccc(OC)c(NCCC(C)N)c1. The molecule has 90 valence electrons. The van der Waals surface area contributed by atoms with E-state index in [4.69, 9.17) is 15.2 Å². The standard InChI is InChI=1S/C12H20N2O2/c1-9(13)6-7-14-11-8-10(15-2)4-5-12(11)16-3/h4-5,8-9,14H,6-7,13H2,1-3H3. The van der Waals surface area contributed by atoms with Crippen molar-refractivity contribution in [2.75, 3.05) is 26.1 Å². The maximum absolute atomic E-state index is 5.69. The molecule has 0 saturated carbocycles. The first kappa shape index (κ1) is 12.6. The molecule has 4 nitrogen and oxygen atoms in total. The summed E-state index contributed by atoms with van der Waals surface area (Å²) in [5.74, 6) is 1.62. The molecule has 3 N–H and O–H groups in total. The summed E-state index contributed by atoms with van der Waals surface area (Å²) in [6, 6.07) is 5.87. The molecule has 0 aliphatic carbocycles. The van der Waals surface area contributed by atoms with E-state index in [-0.39, 0.29) is 6.04 Å². The third-order valence-electron chi connectivity index (χ3n) is 2.32. The van der Waals surface area contributed by atoms with Gasteiger partial charge in [0, 0.05) is 18.7 Å². The highest BCUT2D eigenvalue weighted by atomic mass is 16.5. The lowest BCUT2D eigenvalue weighted by molar-refractivity contribution is 0.404. The minimum atomic E-state index is 0.198. The van der Waals surface area contributed by atoms with E-state index in [0.717, 1.165) is 30.2 Å². The minimum absolute atomic E-state index is 0.198. The summed E-state index contributed by atoms with van der Waals surface area (Å²) in [5, 5.41) is 3.29. The largest absolute Gasteiger partial charge is 0.497 e. The van der Waals surface area contributed by atoms with Gasteiger partial charge in [-0.2, -0.15) is 0 Å². The summed E-state index contributed by atoms with van der Waals surface area (Å²) in [4.78, 5) is 0.